The minimum absolute atomic E-state index is 0.651. The number of rotatable bonds is 2. The molecule has 0 bridgehead atoms. The van der Waals surface area contributed by atoms with Crippen molar-refractivity contribution >= 4 is 27.4 Å². The van der Waals surface area contributed by atoms with Crippen LogP contribution in [0, 0.1) is 5.92 Å². The third kappa shape index (κ3) is 2.00. The molecule has 2 aliphatic heterocycles. The molecule has 4 nitrogen and oxygen atoms in total. The van der Waals surface area contributed by atoms with Gasteiger partial charge in [0.2, 0.25) is 0 Å². The summed E-state index contributed by atoms with van der Waals surface area (Å²) in [5.74, 6) is 1.93. The molecule has 0 aromatic carbocycles. The molecule has 2 saturated heterocycles. The van der Waals surface area contributed by atoms with Crippen LogP contribution in [0.1, 0.15) is 24.6 Å². The summed E-state index contributed by atoms with van der Waals surface area (Å²) in [6.45, 7) is 5.61. The highest BCUT2D eigenvalue weighted by Crippen LogP contribution is 2.34. The third-order valence-electron chi connectivity index (χ3n) is 4.61. The first-order chi connectivity index (χ1) is 9.85. The number of aromatic nitrogens is 2. The molecule has 2 fully saturated rings. The van der Waals surface area contributed by atoms with E-state index in [-0.39, 0.29) is 0 Å². The molecular weight excluding hydrogens is 268 g/mol. The van der Waals surface area contributed by atoms with Crippen molar-refractivity contribution in [1.29, 1.82) is 0 Å². The van der Waals surface area contributed by atoms with Gasteiger partial charge >= 0.3 is 0 Å². The number of hydrogen-bond donors (Lipinski definition) is 1. The Kier molecular flexibility index (Phi) is 3.11. The molecule has 0 aliphatic carbocycles. The molecule has 0 spiro atoms. The average molecular weight is 288 g/mol. The third-order valence-corrected chi connectivity index (χ3v) is 5.79. The molecule has 0 radical (unpaired) electrons. The van der Waals surface area contributed by atoms with Gasteiger partial charge in [-0.2, -0.15) is 0 Å². The van der Waals surface area contributed by atoms with Crippen LogP contribution in [-0.4, -0.2) is 35.6 Å². The molecule has 5 heteroatoms. The van der Waals surface area contributed by atoms with E-state index in [1.807, 2.05) is 0 Å². The van der Waals surface area contributed by atoms with Gasteiger partial charge < -0.3 is 10.2 Å². The van der Waals surface area contributed by atoms with Gasteiger partial charge in [0.25, 0.3) is 0 Å². The number of aryl methyl sites for hydroxylation is 1. The van der Waals surface area contributed by atoms with E-state index < -0.39 is 0 Å². The van der Waals surface area contributed by atoms with Crippen molar-refractivity contribution in [1.82, 2.24) is 15.3 Å². The lowest BCUT2D eigenvalue weighted by Crippen LogP contribution is -2.40. The van der Waals surface area contributed by atoms with Gasteiger partial charge in [-0.1, -0.05) is 6.92 Å². The molecule has 0 unspecified atom stereocenters. The zero-order chi connectivity index (χ0) is 13.5. The molecule has 2 aromatic rings. The Balaban J connectivity index is 1.69. The predicted octanol–water partition coefficient (Wildman–Crippen LogP) is 2.44. The largest absolute Gasteiger partial charge is 0.354 e. The summed E-state index contributed by atoms with van der Waals surface area (Å²) < 4.78 is 0. The van der Waals surface area contributed by atoms with Crippen LogP contribution in [0.2, 0.25) is 0 Å². The van der Waals surface area contributed by atoms with E-state index in [2.05, 4.69) is 33.2 Å². The maximum atomic E-state index is 4.59. The fourth-order valence-electron chi connectivity index (χ4n) is 3.54. The monoisotopic (exact) mass is 288 g/mol. The molecule has 2 atom stereocenters. The van der Waals surface area contributed by atoms with E-state index in [4.69, 9.17) is 0 Å². The second-order valence-corrected chi connectivity index (χ2v) is 6.97. The summed E-state index contributed by atoms with van der Waals surface area (Å²) in [7, 11) is 0. The Morgan fingerprint density at radius 1 is 1.40 bits per heavy atom. The highest BCUT2D eigenvalue weighted by Gasteiger charge is 2.35. The summed E-state index contributed by atoms with van der Waals surface area (Å²) in [6.07, 6.45) is 5.47. The Morgan fingerprint density at radius 2 is 2.35 bits per heavy atom. The quantitative estimate of drug-likeness (QED) is 0.921. The van der Waals surface area contributed by atoms with Crippen LogP contribution in [0.4, 0.5) is 5.82 Å². The minimum atomic E-state index is 0.651. The average Bonchev–Trinajstić information content (AvgIpc) is 3.09. The van der Waals surface area contributed by atoms with E-state index >= 15 is 0 Å². The number of piperidine rings is 1. The molecule has 0 saturated carbocycles. The molecular formula is C15H20N4S. The van der Waals surface area contributed by atoms with Crippen LogP contribution in [0.15, 0.2) is 12.4 Å². The Hall–Kier alpha value is -1.20. The van der Waals surface area contributed by atoms with Gasteiger partial charge in [0.1, 0.15) is 17.0 Å². The smallest absolute Gasteiger partial charge is 0.140 e. The zero-order valence-electron chi connectivity index (χ0n) is 11.8. The summed E-state index contributed by atoms with van der Waals surface area (Å²) in [4.78, 5) is 14.0. The van der Waals surface area contributed by atoms with Crippen LogP contribution in [0.25, 0.3) is 10.2 Å². The van der Waals surface area contributed by atoms with Crippen molar-refractivity contribution in [3.05, 3.63) is 17.3 Å². The van der Waals surface area contributed by atoms with Crippen molar-refractivity contribution in [2.75, 3.05) is 24.5 Å². The highest BCUT2D eigenvalue weighted by molar-refractivity contribution is 7.18. The van der Waals surface area contributed by atoms with Gasteiger partial charge in [-0.05, 0) is 37.8 Å². The lowest BCUT2D eigenvalue weighted by molar-refractivity contribution is 0.340. The second-order valence-electron chi connectivity index (χ2n) is 5.85. The van der Waals surface area contributed by atoms with Crippen molar-refractivity contribution in [3.8, 4) is 0 Å². The minimum Gasteiger partial charge on any atom is -0.354 e. The van der Waals surface area contributed by atoms with Crippen LogP contribution in [0.3, 0.4) is 0 Å². The molecule has 2 aliphatic rings. The first-order valence-corrected chi connectivity index (χ1v) is 8.38. The van der Waals surface area contributed by atoms with Gasteiger partial charge in [-0.25, -0.2) is 9.97 Å². The maximum Gasteiger partial charge on any atom is 0.140 e. The van der Waals surface area contributed by atoms with Crippen LogP contribution in [-0.2, 0) is 6.42 Å². The van der Waals surface area contributed by atoms with Gasteiger partial charge in [-0.3, -0.25) is 0 Å². The molecule has 0 amide bonds. The number of thiophene rings is 1. The van der Waals surface area contributed by atoms with Crippen molar-refractivity contribution in [3.63, 3.8) is 0 Å². The normalized spacial score (nSPS) is 26.1. The van der Waals surface area contributed by atoms with Crippen molar-refractivity contribution < 1.29 is 0 Å². The molecule has 2 aromatic heterocycles. The lowest BCUT2D eigenvalue weighted by Gasteiger charge is -2.24. The van der Waals surface area contributed by atoms with E-state index in [9.17, 15) is 0 Å². The first-order valence-electron chi connectivity index (χ1n) is 7.57. The SMILES string of the molecule is CCc1cc2c(N3C[C@@H]4CCCN[C@@H]4C3)ncnc2s1. The summed E-state index contributed by atoms with van der Waals surface area (Å²) in [5, 5.41) is 4.91. The summed E-state index contributed by atoms with van der Waals surface area (Å²) in [5.41, 5.74) is 0. The van der Waals surface area contributed by atoms with Crippen molar-refractivity contribution in [2.24, 2.45) is 5.92 Å². The molecule has 20 heavy (non-hydrogen) atoms. The van der Waals surface area contributed by atoms with E-state index in [0.717, 1.165) is 36.1 Å². The topological polar surface area (TPSA) is 41.0 Å². The fraction of sp³-hybridized carbons (Fsp3) is 0.600. The highest BCUT2D eigenvalue weighted by atomic mass is 32.1. The Morgan fingerprint density at radius 3 is 3.20 bits per heavy atom. The fourth-order valence-corrected chi connectivity index (χ4v) is 4.47. The van der Waals surface area contributed by atoms with Gasteiger partial charge in [0.15, 0.2) is 0 Å². The van der Waals surface area contributed by atoms with Crippen LogP contribution < -0.4 is 10.2 Å². The molecule has 1 N–H and O–H groups in total. The number of nitrogens with zero attached hydrogens (tertiary/aromatic N) is 3. The number of fused-ring (bicyclic) bond motifs is 2. The number of anilines is 1. The summed E-state index contributed by atoms with van der Waals surface area (Å²) >= 11 is 1.80. The first kappa shape index (κ1) is 12.5. The second kappa shape index (κ2) is 4.97. The van der Waals surface area contributed by atoms with Gasteiger partial charge in [0.05, 0.1) is 5.39 Å². The van der Waals surface area contributed by atoms with E-state index in [1.165, 1.54) is 29.6 Å². The summed E-state index contributed by atoms with van der Waals surface area (Å²) in [6, 6.07) is 2.93. The molecule has 4 heterocycles. The van der Waals surface area contributed by atoms with Gasteiger partial charge in [-0.15, -0.1) is 11.3 Å². The standard InChI is InChI=1S/C15H20N4S/c1-2-11-6-12-14(17-9-18-15(12)20-11)19-7-10-4-3-5-16-13(10)8-19/h6,9-10,13,16H,2-5,7-8H2,1H3/t10-,13+/m0/s1. The van der Waals surface area contributed by atoms with Crippen molar-refractivity contribution in [2.45, 2.75) is 32.2 Å². The Bertz CT molecular complexity index is 609. The van der Waals surface area contributed by atoms with E-state index in [1.54, 1.807) is 17.7 Å². The number of nitrogens with one attached hydrogen (secondary N) is 1. The lowest BCUT2D eigenvalue weighted by atomic mass is 9.94. The van der Waals surface area contributed by atoms with E-state index in [0.29, 0.717) is 6.04 Å². The maximum absolute atomic E-state index is 4.59. The Labute approximate surface area is 123 Å². The number of hydrogen-bond acceptors (Lipinski definition) is 5. The predicted molar refractivity (Wildman–Crippen MR) is 83.5 cm³/mol. The van der Waals surface area contributed by atoms with Crippen LogP contribution >= 0.6 is 11.3 Å². The molecule has 106 valence electrons. The van der Waals surface area contributed by atoms with Gasteiger partial charge in [0, 0.05) is 24.0 Å². The zero-order valence-corrected chi connectivity index (χ0v) is 12.6. The van der Waals surface area contributed by atoms with Crippen LogP contribution in [0.5, 0.6) is 0 Å². The molecule has 4 rings (SSSR count).